The highest BCUT2D eigenvalue weighted by Crippen LogP contribution is 2.26. The quantitative estimate of drug-likeness (QED) is 0.286. The average Bonchev–Trinajstić information content (AvgIpc) is 3.41. The van der Waals surface area contributed by atoms with E-state index in [4.69, 9.17) is 10.5 Å². The molecule has 1 saturated heterocycles. The number of benzene rings is 2. The van der Waals surface area contributed by atoms with Gasteiger partial charge in [-0.3, -0.25) is 14.4 Å². The number of piperidine rings is 1. The zero-order chi connectivity index (χ0) is 30.3. The SMILES string of the molecule is CC1CCN(C(=O)C(c2ccc(F)cc2)n2cnc(NC(=O)[C@@H](COCc3ccccc3)NC(=O)C(C)(C)N)c2)CC1.Cl.Cl. The van der Waals surface area contributed by atoms with Gasteiger partial charge in [-0.2, -0.15) is 0 Å². The van der Waals surface area contributed by atoms with E-state index in [-0.39, 0.29) is 49.8 Å². The second kappa shape index (κ2) is 16.5. The summed E-state index contributed by atoms with van der Waals surface area (Å²) in [6, 6.07) is 13.4. The van der Waals surface area contributed by atoms with Crippen LogP contribution in [0.3, 0.4) is 0 Å². The molecule has 240 valence electrons. The first-order valence-electron chi connectivity index (χ1n) is 14.1. The fourth-order valence-corrected chi connectivity index (χ4v) is 4.64. The standard InChI is InChI=1S/C31H39FN6O4.2ClH/c1-21-13-15-37(16-14-21)29(40)27(23-9-11-24(32)12-10-23)38-17-26(34-20-38)36-28(39)25(35-30(41)31(2,3)33)19-42-18-22-7-5-4-6-8-22;;/h4-12,17,20-21,25,27H,13-16,18-19,33H2,1-3H3,(H,35,41)(H,36,39);2*1H/t25-,27?;;/m1../s1. The topological polar surface area (TPSA) is 132 Å². The number of aromatic nitrogens is 2. The fourth-order valence-electron chi connectivity index (χ4n) is 4.64. The predicted octanol–water partition coefficient (Wildman–Crippen LogP) is 4.09. The molecule has 1 aromatic heterocycles. The number of halogens is 3. The Hall–Kier alpha value is -3.51. The Labute approximate surface area is 269 Å². The Morgan fingerprint density at radius 2 is 1.70 bits per heavy atom. The molecular formula is C31H41Cl2FN6O4. The molecule has 2 heterocycles. The van der Waals surface area contributed by atoms with Crippen molar-refractivity contribution < 1.29 is 23.5 Å². The molecule has 44 heavy (non-hydrogen) atoms. The van der Waals surface area contributed by atoms with Gasteiger partial charge in [0.2, 0.25) is 11.8 Å². The first-order chi connectivity index (χ1) is 20.0. The summed E-state index contributed by atoms with van der Waals surface area (Å²) in [5.41, 5.74) is 6.24. The molecule has 0 aliphatic carbocycles. The van der Waals surface area contributed by atoms with E-state index in [9.17, 15) is 18.8 Å². The molecule has 0 bridgehead atoms. The number of carbonyl (C=O) groups excluding carboxylic acids is 3. The molecule has 0 spiro atoms. The molecule has 13 heteroatoms. The van der Waals surface area contributed by atoms with E-state index in [0.29, 0.717) is 24.6 Å². The molecule has 0 saturated carbocycles. The molecule has 2 atom stereocenters. The van der Waals surface area contributed by atoms with E-state index in [1.165, 1.54) is 18.5 Å². The van der Waals surface area contributed by atoms with Crippen molar-refractivity contribution in [3.63, 3.8) is 0 Å². The minimum Gasteiger partial charge on any atom is -0.374 e. The predicted molar refractivity (Wildman–Crippen MR) is 171 cm³/mol. The third-order valence-electron chi connectivity index (χ3n) is 7.27. The van der Waals surface area contributed by atoms with Crippen LogP contribution < -0.4 is 16.4 Å². The van der Waals surface area contributed by atoms with Crippen LogP contribution in [0.4, 0.5) is 10.2 Å². The van der Waals surface area contributed by atoms with Gasteiger partial charge in [0.1, 0.15) is 17.9 Å². The van der Waals surface area contributed by atoms with Crippen LogP contribution in [0.15, 0.2) is 67.1 Å². The van der Waals surface area contributed by atoms with E-state index in [1.807, 2.05) is 35.2 Å². The van der Waals surface area contributed by atoms with Crippen LogP contribution in [0.1, 0.15) is 50.8 Å². The van der Waals surface area contributed by atoms with Gasteiger partial charge in [-0.25, -0.2) is 9.37 Å². The lowest BCUT2D eigenvalue weighted by Gasteiger charge is -2.33. The summed E-state index contributed by atoms with van der Waals surface area (Å²) in [5, 5.41) is 5.37. The van der Waals surface area contributed by atoms with Crippen molar-refractivity contribution in [3.8, 4) is 0 Å². The number of hydrogen-bond acceptors (Lipinski definition) is 6. The number of ether oxygens (including phenoxy) is 1. The van der Waals surface area contributed by atoms with Crippen LogP contribution in [0, 0.1) is 11.7 Å². The number of rotatable bonds is 11. The van der Waals surface area contributed by atoms with Gasteiger partial charge in [0, 0.05) is 19.3 Å². The zero-order valence-electron chi connectivity index (χ0n) is 25.1. The number of hydrogen-bond donors (Lipinski definition) is 3. The lowest BCUT2D eigenvalue weighted by Crippen LogP contribution is -2.56. The first kappa shape index (κ1) is 36.7. The van der Waals surface area contributed by atoms with Crippen LogP contribution >= 0.6 is 24.8 Å². The fraction of sp³-hybridized carbons (Fsp3) is 0.419. The summed E-state index contributed by atoms with van der Waals surface area (Å²) in [7, 11) is 0. The smallest absolute Gasteiger partial charge is 0.250 e. The Morgan fingerprint density at radius 3 is 2.32 bits per heavy atom. The molecular weight excluding hydrogens is 610 g/mol. The molecule has 1 aliphatic rings. The van der Waals surface area contributed by atoms with Gasteiger partial charge < -0.3 is 30.6 Å². The van der Waals surface area contributed by atoms with Gasteiger partial charge in [-0.15, -0.1) is 24.8 Å². The number of likely N-dealkylation sites (tertiary alicyclic amines) is 1. The Balaban J connectivity index is 0.00000337. The molecule has 0 radical (unpaired) electrons. The lowest BCUT2D eigenvalue weighted by atomic mass is 9.97. The van der Waals surface area contributed by atoms with E-state index >= 15 is 0 Å². The summed E-state index contributed by atoms with van der Waals surface area (Å²) in [6.07, 6.45) is 4.82. The van der Waals surface area contributed by atoms with Gasteiger partial charge in [-0.1, -0.05) is 49.4 Å². The minimum atomic E-state index is -1.21. The van der Waals surface area contributed by atoms with Crippen LogP contribution in [0.25, 0.3) is 0 Å². The van der Waals surface area contributed by atoms with Gasteiger partial charge in [0.25, 0.3) is 5.91 Å². The highest BCUT2D eigenvalue weighted by atomic mass is 35.5. The van der Waals surface area contributed by atoms with Crippen molar-refractivity contribution in [2.24, 2.45) is 11.7 Å². The number of carbonyl (C=O) groups is 3. The number of anilines is 1. The van der Waals surface area contributed by atoms with Crippen LogP contribution in [-0.4, -0.2) is 63.4 Å². The van der Waals surface area contributed by atoms with Crippen molar-refractivity contribution in [3.05, 3.63) is 84.1 Å². The normalized spacial score (nSPS) is 14.9. The summed E-state index contributed by atoms with van der Waals surface area (Å²) in [4.78, 5) is 45.8. The van der Waals surface area contributed by atoms with Crippen molar-refractivity contribution in [1.82, 2.24) is 19.8 Å². The van der Waals surface area contributed by atoms with Crippen molar-refractivity contribution in [2.45, 2.75) is 57.8 Å². The van der Waals surface area contributed by atoms with E-state index in [1.54, 1.807) is 36.7 Å². The molecule has 1 fully saturated rings. The summed E-state index contributed by atoms with van der Waals surface area (Å²) in [5.74, 6) is -0.883. The third-order valence-corrected chi connectivity index (χ3v) is 7.27. The monoisotopic (exact) mass is 650 g/mol. The summed E-state index contributed by atoms with van der Waals surface area (Å²) < 4.78 is 21.1. The molecule has 3 aromatic rings. The highest BCUT2D eigenvalue weighted by molar-refractivity contribution is 5.98. The molecule has 2 aromatic carbocycles. The maximum atomic E-state index is 13.7. The van der Waals surface area contributed by atoms with E-state index in [2.05, 4.69) is 22.5 Å². The molecule has 10 nitrogen and oxygen atoms in total. The van der Waals surface area contributed by atoms with Gasteiger partial charge in [-0.05, 0) is 55.9 Å². The van der Waals surface area contributed by atoms with Gasteiger partial charge in [0.15, 0.2) is 5.82 Å². The van der Waals surface area contributed by atoms with E-state index in [0.717, 1.165) is 18.4 Å². The lowest BCUT2D eigenvalue weighted by molar-refractivity contribution is -0.135. The summed E-state index contributed by atoms with van der Waals surface area (Å²) in [6.45, 7) is 6.67. The van der Waals surface area contributed by atoms with Crippen LogP contribution in [-0.2, 0) is 25.7 Å². The number of nitrogens with zero attached hydrogens (tertiary/aromatic N) is 3. The molecule has 4 N–H and O–H groups in total. The van der Waals surface area contributed by atoms with Crippen LogP contribution in [0.2, 0.25) is 0 Å². The van der Waals surface area contributed by atoms with Gasteiger partial charge in [0.05, 0.1) is 25.1 Å². The number of nitrogens with two attached hydrogens (primary N) is 1. The summed E-state index contributed by atoms with van der Waals surface area (Å²) >= 11 is 0. The maximum absolute atomic E-state index is 13.7. The third kappa shape index (κ3) is 10.0. The number of nitrogens with one attached hydrogen (secondary N) is 2. The van der Waals surface area contributed by atoms with E-state index < -0.39 is 35.3 Å². The van der Waals surface area contributed by atoms with Gasteiger partial charge >= 0.3 is 0 Å². The maximum Gasteiger partial charge on any atom is 0.250 e. The van der Waals surface area contributed by atoms with Crippen molar-refractivity contribution >= 4 is 48.4 Å². The van der Waals surface area contributed by atoms with Crippen LogP contribution in [0.5, 0.6) is 0 Å². The number of amides is 3. The van der Waals surface area contributed by atoms with Crippen molar-refractivity contribution in [1.29, 1.82) is 0 Å². The highest BCUT2D eigenvalue weighted by Gasteiger charge is 2.31. The Morgan fingerprint density at radius 1 is 1.07 bits per heavy atom. The average molecular weight is 652 g/mol. The Kier molecular flexibility index (Phi) is 13.8. The largest absolute Gasteiger partial charge is 0.374 e. The minimum absolute atomic E-state index is 0. The second-order valence-corrected chi connectivity index (χ2v) is 11.4. The molecule has 1 unspecified atom stereocenters. The molecule has 1 aliphatic heterocycles. The molecule has 4 rings (SSSR count). The first-order valence-corrected chi connectivity index (χ1v) is 14.1. The second-order valence-electron chi connectivity index (χ2n) is 11.4. The van der Waals surface area contributed by atoms with Crippen molar-refractivity contribution in [2.75, 3.05) is 25.0 Å². The zero-order valence-corrected chi connectivity index (χ0v) is 26.7. The molecule has 3 amide bonds. The Bertz CT molecular complexity index is 1360. The number of imidazole rings is 1.